The third-order valence-corrected chi connectivity index (χ3v) is 6.44. The fourth-order valence-electron chi connectivity index (χ4n) is 4.47. The van der Waals surface area contributed by atoms with Gasteiger partial charge in [-0.1, -0.05) is 91.0 Å². The minimum atomic E-state index is 0. The van der Waals surface area contributed by atoms with Crippen LogP contribution >= 0.6 is 0 Å². The van der Waals surface area contributed by atoms with Crippen molar-refractivity contribution < 1.29 is 25.5 Å². The van der Waals surface area contributed by atoms with Gasteiger partial charge in [-0.05, 0) is 36.8 Å². The maximum atomic E-state index is 5.74. The van der Waals surface area contributed by atoms with E-state index in [0.717, 1.165) is 32.5 Å². The molecule has 0 atom stereocenters. The maximum Gasteiger partial charge on any atom is 2.00 e. The number of H-pyrrole nitrogens is 1. The smallest absolute Gasteiger partial charge is 0.781 e. The molecular weight excluding hydrogens is 644 g/mol. The first-order chi connectivity index (χ1) is 17.7. The molecule has 0 fully saturated rings. The molecule has 5 heteroatoms. The van der Waals surface area contributed by atoms with E-state index >= 15 is 0 Å². The molecule has 1 N–H and O–H groups in total. The molecule has 0 amide bonds. The van der Waals surface area contributed by atoms with Crippen LogP contribution in [0.5, 0.6) is 0 Å². The number of para-hydroxylation sites is 2. The third kappa shape index (κ3) is 5.56. The van der Waals surface area contributed by atoms with Crippen LogP contribution in [0, 0.1) is 6.92 Å². The average molecular weight is 670 g/mol. The first-order valence-electron chi connectivity index (χ1n) is 11.8. The summed E-state index contributed by atoms with van der Waals surface area (Å²) >= 11 is 5.27. The third-order valence-electron chi connectivity index (χ3n) is 6.11. The second-order valence-electron chi connectivity index (χ2n) is 8.43. The van der Waals surface area contributed by atoms with Gasteiger partial charge in [0.2, 0.25) is 0 Å². The number of benzene rings is 5. The predicted molar refractivity (Wildman–Crippen MR) is 155 cm³/mol. The van der Waals surface area contributed by atoms with Gasteiger partial charge in [-0.3, -0.25) is 0 Å². The van der Waals surface area contributed by atoms with Crippen molar-refractivity contribution >= 4 is 62.1 Å². The molecule has 3 nitrogen and oxygen atoms in total. The molecule has 2 aromatic heterocycles. The van der Waals surface area contributed by atoms with Crippen LogP contribution in [0.25, 0.3) is 49.1 Å². The van der Waals surface area contributed by atoms with Crippen LogP contribution in [-0.2, 0) is 33.7 Å². The molecule has 0 spiro atoms. The van der Waals surface area contributed by atoms with Gasteiger partial charge < -0.3 is 27.3 Å². The van der Waals surface area contributed by atoms with Gasteiger partial charge in [-0.15, -0.1) is 12.7 Å². The van der Waals surface area contributed by atoms with Crippen LogP contribution in [0.3, 0.4) is 0 Å². The van der Waals surface area contributed by atoms with Crippen LogP contribution in [0.1, 0.15) is 5.56 Å². The first kappa shape index (κ1) is 26.5. The fourth-order valence-corrected chi connectivity index (χ4v) is 4.73. The SMILES string of the molecule is C[N-]c1c([S-])ccc2oc3ccccc3c12.Cc1cccc2[nH]c3ccccc3c12.[W+2].c1ccccc1. The van der Waals surface area contributed by atoms with Gasteiger partial charge in [-0.25, -0.2) is 0 Å². The summed E-state index contributed by atoms with van der Waals surface area (Å²) in [6.45, 7) is 2.16. The van der Waals surface area contributed by atoms with E-state index in [4.69, 9.17) is 17.0 Å². The molecule has 0 bridgehead atoms. The molecule has 0 aliphatic rings. The number of hydrogen-bond donors (Lipinski definition) is 1. The second-order valence-corrected chi connectivity index (χ2v) is 8.87. The van der Waals surface area contributed by atoms with Crippen molar-refractivity contribution in [1.82, 2.24) is 4.98 Å². The van der Waals surface area contributed by atoms with E-state index in [9.17, 15) is 0 Å². The van der Waals surface area contributed by atoms with Gasteiger partial charge in [0, 0.05) is 32.6 Å². The predicted octanol–water partition coefficient (Wildman–Crippen LogP) is 9.44. The Bertz CT molecular complexity index is 1730. The number of hydrogen-bond acceptors (Lipinski definition) is 2. The Kier molecular flexibility index (Phi) is 8.65. The monoisotopic (exact) mass is 670 g/mol. The average Bonchev–Trinajstić information content (AvgIpc) is 3.50. The second kappa shape index (κ2) is 12.1. The van der Waals surface area contributed by atoms with Crippen LogP contribution in [0.2, 0.25) is 0 Å². The Morgan fingerprint density at radius 3 is 1.95 bits per heavy atom. The first-order valence-corrected chi connectivity index (χ1v) is 12.3. The van der Waals surface area contributed by atoms with Crippen LogP contribution < -0.4 is 0 Å². The van der Waals surface area contributed by atoms with Gasteiger partial charge in [0.05, 0.1) is 0 Å². The number of fused-ring (bicyclic) bond motifs is 6. The molecule has 0 saturated carbocycles. The fraction of sp³-hybridized carbons (Fsp3) is 0.0625. The number of aryl methyl sites for hydroxylation is 1. The van der Waals surface area contributed by atoms with Crippen LogP contribution in [0.15, 0.2) is 125 Å². The normalized spacial score (nSPS) is 10.3. The van der Waals surface area contributed by atoms with E-state index in [-0.39, 0.29) is 21.1 Å². The minimum Gasteiger partial charge on any atom is -0.781 e. The van der Waals surface area contributed by atoms with E-state index in [1.165, 1.54) is 27.4 Å². The van der Waals surface area contributed by atoms with Crippen molar-refractivity contribution in [2.24, 2.45) is 0 Å². The topological polar surface area (TPSA) is 43.0 Å². The van der Waals surface area contributed by atoms with Gasteiger partial charge in [0.25, 0.3) is 0 Å². The largest absolute Gasteiger partial charge is 2.00 e. The molecule has 0 aliphatic heterocycles. The molecule has 182 valence electrons. The van der Waals surface area contributed by atoms with Crippen LogP contribution in [0.4, 0.5) is 5.69 Å². The van der Waals surface area contributed by atoms with Crippen molar-refractivity contribution in [3.8, 4) is 0 Å². The van der Waals surface area contributed by atoms with Gasteiger partial charge in [0.1, 0.15) is 11.2 Å². The molecule has 5 aromatic carbocycles. The summed E-state index contributed by atoms with van der Waals surface area (Å²) in [5.74, 6) is 0. The molecular formula is C32H26N2OSW. The molecule has 0 radical (unpaired) electrons. The van der Waals surface area contributed by atoms with Crippen molar-refractivity contribution in [3.05, 3.63) is 126 Å². The van der Waals surface area contributed by atoms with Gasteiger partial charge in [-0.2, -0.15) is 4.90 Å². The molecule has 0 unspecified atom stereocenters. The minimum absolute atomic E-state index is 0. The zero-order valence-electron chi connectivity index (χ0n) is 20.6. The molecule has 7 rings (SSSR count). The quantitative estimate of drug-likeness (QED) is 0.177. The van der Waals surface area contributed by atoms with Gasteiger partial charge >= 0.3 is 21.1 Å². The van der Waals surface area contributed by atoms with Crippen molar-refractivity contribution in [1.29, 1.82) is 0 Å². The summed E-state index contributed by atoms with van der Waals surface area (Å²) in [5.41, 5.74) is 6.35. The van der Waals surface area contributed by atoms with E-state index in [2.05, 4.69) is 59.7 Å². The van der Waals surface area contributed by atoms with E-state index in [1.807, 2.05) is 72.8 Å². The molecule has 37 heavy (non-hydrogen) atoms. The van der Waals surface area contributed by atoms with Gasteiger partial charge in [0.15, 0.2) is 0 Å². The number of aromatic amines is 1. The summed E-state index contributed by atoms with van der Waals surface area (Å²) in [6, 6.07) is 38.5. The number of rotatable bonds is 1. The Morgan fingerprint density at radius 2 is 1.24 bits per heavy atom. The standard InChI is InChI=1S/C13H10NOS.C13H11N.C6H6.W/c1-14-13-11(16)7-6-10-12(13)8-4-2-3-5-9(8)15-10;1-9-5-4-8-12-13(9)10-6-2-3-7-11(10)14-12;1-2-4-6-5-3-1;/h2-7,16H,1H3;2-8,14H,1H3;1-6H;/q-1;;;+2/p-1. The Labute approximate surface area is 236 Å². The summed E-state index contributed by atoms with van der Waals surface area (Å²) in [7, 11) is 1.76. The molecule has 0 aliphatic carbocycles. The number of nitrogens with one attached hydrogen (secondary N) is 1. The molecule has 7 aromatic rings. The maximum absolute atomic E-state index is 5.74. The van der Waals surface area contributed by atoms with E-state index in [0.29, 0.717) is 0 Å². The number of furan rings is 1. The Balaban J connectivity index is 0.000000140. The number of nitrogens with zero attached hydrogens (tertiary/aromatic N) is 1. The zero-order chi connectivity index (χ0) is 24.9. The summed E-state index contributed by atoms with van der Waals surface area (Å²) in [5, 5.41) is 9.02. The van der Waals surface area contributed by atoms with Crippen molar-refractivity contribution in [2.45, 2.75) is 11.8 Å². The Hall–Kier alpha value is -3.59. The number of aromatic nitrogens is 1. The van der Waals surface area contributed by atoms with E-state index < -0.39 is 0 Å². The summed E-state index contributed by atoms with van der Waals surface area (Å²) < 4.78 is 5.74. The molecule has 0 saturated heterocycles. The molecule has 2 heterocycles. The van der Waals surface area contributed by atoms with Crippen LogP contribution in [-0.4, -0.2) is 12.0 Å². The van der Waals surface area contributed by atoms with Crippen molar-refractivity contribution in [2.75, 3.05) is 7.05 Å². The zero-order valence-corrected chi connectivity index (χ0v) is 24.4. The van der Waals surface area contributed by atoms with Crippen molar-refractivity contribution in [3.63, 3.8) is 0 Å². The Morgan fingerprint density at radius 1 is 0.622 bits per heavy atom. The van der Waals surface area contributed by atoms with E-state index in [1.54, 1.807) is 7.05 Å². The summed E-state index contributed by atoms with van der Waals surface area (Å²) in [6.07, 6.45) is 0. The summed E-state index contributed by atoms with van der Waals surface area (Å²) in [4.78, 5) is 4.18.